The third kappa shape index (κ3) is 2.41. The average molecular weight is 234 g/mol. The molecule has 0 fully saturated rings. The first-order chi connectivity index (χ1) is 7.87. The van der Waals surface area contributed by atoms with E-state index in [1.165, 1.54) is 6.20 Å². The summed E-state index contributed by atoms with van der Waals surface area (Å²) in [4.78, 5) is 20.2. The maximum Gasteiger partial charge on any atom is 0.437 e. The van der Waals surface area contributed by atoms with Crippen molar-refractivity contribution in [1.82, 2.24) is 19.7 Å². The first kappa shape index (κ1) is 11.5. The number of nitrogens with zero attached hydrogens (tertiary/aromatic N) is 4. The van der Waals surface area contributed by atoms with Crippen LogP contribution in [-0.2, 0) is 4.74 Å². The number of aromatic nitrogens is 4. The van der Waals surface area contributed by atoms with Crippen LogP contribution in [0.3, 0.4) is 0 Å². The van der Waals surface area contributed by atoms with Crippen molar-refractivity contribution in [1.29, 1.82) is 0 Å². The molecule has 0 aliphatic heterocycles. The van der Waals surface area contributed by atoms with Gasteiger partial charge < -0.3 is 4.74 Å². The fourth-order valence-corrected chi connectivity index (χ4v) is 1.35. The minimum atomic E-state index is -0.562. The van der Waals surface area contributed by atoms with Crippen LogP contribution in [0.1, 0.15) is 26.5 Å². The molecule has 0 N–H and O–H groups in total. The zero-order valence-electron chi connectivity index (χ0n) is 10.3. The van der Waals surface area contributed by atoms with E-state index in [2.05, 4.69) is 15.1 Å². The zero-order valence-corrected chi connectivity index (χ0v) is 10.3. The highest BCUT2D eigenvalue weighted by Gasteiger charge is 2.20. The zero-order chi connectivity index (χ0) is 12.6. The predicted molar refractivity (Wildman–Crippen MR) is 61.7 cm³/mol. The number of carbonyl (C=O) groups excluding carboxylic acids is 1. The lowest BCUT2D eigenvalue weighted by Gasteiger charge is -2.18. The molecule has 0 saturated carbocycles. The van der Waals surface area contributed by atoms with Crippen LogP contribution >= 0.6 is 0 Å². The fraction of sp³-hybridized carbons (Fsp3) is 0.455. The number of carbonyl (C=O) groups is 1. The van der Waals surface area contributed by atoms with Crippen LogP contribution in [-0.4, -0.2) is 31.4 Å². The second kappa shape index (κ2) is 3.80. The van der Waals surface area contributed by atoms with Crippen molar-refractivity contribution in [3.8, 4) is 0 Å². The molecule has 0 aromatic carbocycles. The van der Waals surface area contributed by atoms with Crippen molar-refractivity contribution >= 4 is 17.3 Å². The quantitative estimate of drug-likeness (QED) is 0.696. The van der Waals surface area contributed by atoms with Crippen LogP contribution in [0.15, 0.2) is 12.4 Å². The smallest absolute Gasteiger partial charge is 0.437 e. The molecule has 6 nitrogen and oxygen atoms in total. The van der Waals surface area contributed by atoms with Crippen molar-refractivity contribution in [2.45, 2.75) is 33.3 Å². The van der Waals surface area contributed by atoms with E-state index >= 15 is 0 Å². The van der Waals surface area contributed by atoms with E-state index < -0.39 is 11.7 Å². The topological polar surface area (TPSA) is 69.9 Å². The van der Waals surface area contributed by atoms with Crippen molar-refractivity contribution < 1.29 is 9.53 Å². The van der Waals surface area contributed by atoms with E-state index in [1.807, 2.05) is 6.92 Å². The van der Waals surface area contributed by atoms with Gasteiger partial charge in [0.05, 0.1) is 18.1 Å². The molecular weight excluding hydrogens is 220 g/mol. The Morgan fingerprint density at radius 1 is 1.35 bits per heavy atom. The van der Waals surface area contributed by atoms with Crippen molar-refractivity contribution in [3.63, 3.8) is 0 Å². The molecule has 2 rings (SSSR count). The Balaban J connectivity index is 2.40. The largest absolute Gasteiger partial charge is 0.442 e. The highest BCUT2D eigenvalue weighted by Crippen LogP contribution is 2.12. The lowest BCUT2D eigenvalue weighted by molar-refractivity contribution is 0.0522. The van der Waals surface area contributed by atoms with Gasteiger partial charge in [0, 0.05) is 0 Å². The molecule has 0 aliphatic carbocycles. The summed E-state index contributed by atoms with van der Waals surface area (Å²) < 4.78 is 6.33. The highest BCUT2D eigenvalue weighted by atomic mass is 16.6. The molecule has 2 aromatic rings. The van der Waals surface area contributed by atoms with Gasteiger partial charge in [-0.2, -0.15) is 5.10 Å². The van der Waals surface area contributed by atoms with Crippen molar-refractivity contribution in [2.75, 3.05) is 0 Å². The molecule has 0 aliphatic rings. The first-order valence-electron chi connectivity index (χ1n) is 5.27. The number of aryl methyl sites for hydroxylation is 1. The number of hydrogen-bond acceptors (Lipinski definition) is 5. The lowest BCUT2D eigenvalue weighted by atomic mass is 10.2. The predicted octanol–water partition coefficient (Wildman–Crippen LogP) is 1.92. The minimum Gasteiger partial charge on any atom is -0.442 e. The second-order valence-electron chi connectivity index (χ2n) is 4.76. The Labute approximate surface area is 98.6 Å². The van der Waals surface area contributed by atoms with Gasteiger partial charge in [-0.3, -0.25) is 0 Å². The van der Waals surface area contributed by atoms with Crippen LogP contribution in [0.4, 0.5) is 4.79 Å². The molecule has 0 unspecified atom stereocenters. The van der Waals surface area contributed by atoms with Crippen molar-refractivity contribution in [3.05, 3.63) is 18.1 Å². The van der Waals surface area contributed by atoms with Crippen LogP contribution in [0, 0.1) is 6.92 Å². The Kier molecular flexibility index (Phi) is 2.57. The van der Waals surface area contributed by atoms with Crippen LogP contribution < -0.4 is 0 Å². The number of ether oxygens (including phenoxy) is 1. The molecular formula is C11H14N4O2. The third-order valence-corrected chi connectivity index (χ3v) is 1.96. The van der Waals surface area contributed by atoms with Crippen LogP contribution in [0.5, 0.6) is 0 Å². The summed E-state index contributed by atoms with van der Waals surface area (Å²) in [5.41, 5.74) is 1.20. The molecule has 0 amide bonds. The van der Waals surface area contributed by atoms with Gasteiger partial charge in [-0.1, -0.05) is 0 Å². The number of hydrogen-bond donors (Lipinski definition) is 0. The van der Waals surface area contributed by atoms with E-state index in [1.54, 1.807) is 27.0 Å². The van der Waals surface area contributed by atoms with Gasteiger partial charge in [-0.05, 0) is 27.7 Å². The van der Waals surface area contributed by atoms with Crippen molar-refractivity contribution in [2.24, 2.45) is 0 Å². The Morgan fingerprint density at radius 2 is 2.06 bits per heavy atom. The monoisotopic (exact) mass is 234 g/mol. The second-order valence-corrected chi connectivity index (χ2v) is 4.76. The number of rotatable bonds is 0. The summed E-state index contributed by atoms with van der Waals surface area (Å²) in [5, 5.41) is 3.94. The lowest BCUT2D eigenvalue weighted by Crippen LogP contribution is -2.27. The summed E-state index contributed by atoms with van der Waals surface area (Å²) in [7, 11) is 0. The fourth-order valence-electron chi connectivity index (χ4n) is 1.35. The molecule has 2 aromatic heterocycles. The number of fused-ring (bicyclic) bond motifs is 1. The van der Waals surface area contributed by atoms with E-state index in [4.69, 9.17) is 4.74 Å². The summed E-state index contributed by atoms with van der Waals surface area (Å²) >= 11 is 0. The third-order valence-electron chi connectivity index (χ3n) is 1.96. The summed E-state index contributed by atoms with van der Waals surface area (Å²) in [6, 6.07) is 0. The minimum absolute atomic E-state index is 0.407. The molecule has 6 heteroatoms. The molecule has 0 spiro atoms. The molecule has 2 heterocycles. The normalized spacial score (nSPS) is 11.8. The van der Waals surface area contributed by atoms with Gasteiger partial charge in [0.1, 0.15) is 11.1 Å². The molecule has 90 valence electrons. The molecule has 17 heavy (non-hydrogen) atoms. The van der Waals surface area contributed by atoms with Gasteiger partial charge in [0.25, 0.3) is 0 Å². The summed E-state index contributed by atoms with van der Waals surface area (Å²) in [5.74, 6) is 0. The maximum absolute atomic E-state index is 11.8. The first-order valence-corrected chi connectivity index (χ1v) is 5.27. The van der Waals surface area contributed by atoms with E-state index in [0.717, 1.165) is 10.4 Å². The van der Waals surface area contributed by atoms with Gasteiger partial charge in [0.2, 0.25) is 0 Å². The highest BCUT2D eigenvalue weighted by molar-refractivity contribution is 5.82. The Hall–Kier alpha value is -1.98. The summed E-state index contributed by atoms with van der Waals surface area (Å²) in [6.07, 6.45) is 2.54. The van der Waals surface area contributed by atoms with Gasteiger partial charge in [-0.25, -0.2) is 14.8 Å². The Morgan fingerprint density at radius 3 is 2.71 bits per heavy atom. The molecule has 0 atom stereocenters. The van der Waals surface area contributed by atoms with Crippen LogP contribution in [0.2, 0.25) is 0 Å². The molecule has 0 bridgehead atoms. The van der Waals surface area contributed by atoms with E-state index in [0.29, 0.717) is 11.2 Å². The van der Waals surface area contributed by atoms with E-state index in [-0.39, 0.29) is 0 Å². The maximum atomic E-state index is 11.8. The van der Waals surface area contributed by atoms with Gasteiger partial charge in [0.15, 0.2) is 5.65 Å². The van der Waals surface area contributed by atoms with E-state index in [9.17, 15) is 4.79 Å². The Bertz CT molecular complexity index is 568. The molecule has 0 radical (unpaired) electrons. The van der Waals surface area contributed by atoms with Crippen LogP contribution in [0.25, 0.3) is 11.2 Å². The van der Waals surface area contributed by atoms with Gasteiger partial charge >= 0.3 is 6.09 Å². The standard InChI is InChI=1S/C11H14N4O2/c1-7-5-12-9-8(14-7)6-13-15(9)10(16)17-11(2,3)4/h5-6H,1-4H3. The average Bonchev–Trinajstić information content (AvgIpc) is 2.57. The molecule has 0 saturated heterocycles. The summed E-state index contributed by atoms with van der Waals surface area (Å²) in [6.45, 7) is 7.22. The van der Waals surface area contributed by atoms with Gasteiger partial charge in [-0.15, -0.1) is 4.68 Å². The SMILES string of the molecule is Cc1cnc2c(cnn2C(=O)OC(C)(C)C)n1.